The van der Waals surface area contributed by atoms with Gasteiger partial charge in [0, 0.05) is 10.9 Å². The number of aryl methyl sites for hydroxylation is 2. The van der Waals surface area contributed by atoms with Crippen molar-refractivity contribution in [2.75, 3.05) is 11.2 Å². The number of thioether (sulfide) groups is 1. The molecule has 1 aliphatic carbocycles. The van der Waals surface area contributed by atoms with Gasteiger partial charge in [0.05, 0.1) is 22.0 Å². The third-order valence-electron chi connectivity index (χ3n) is 6.13. The van der Waals surface area contributed by atoms with Crippen molar-refractivity contribution in [1.82, 2.24) is 19.2 Å². The van der Waals surface area contributed by atoms with Gasteiger partial charge in [0.1, 0.15) is 11.2 Å². The van der Waals surface area contributed by atoms with Gasteiger partial charge in [0.2, 0.25) is 5.91 Å². The highest BCUT2D eigenvalue weighted by molar-refractivity contribution is 7.99. The molecule has 170 valence electrons. The summed E-state index contributed by atoms with van der Waals surface area (Å²) < 4.78 is 2.88. The molecule has 8 nitrogen and oxygen atoms in total. The van der Waals surface area contributed by atoms with E-state index in [1.807, 2.05) is 32.0 Å². The maximum atomic E-state index is 13.2. The molecular formula is C23H23N5O3S2. The van der Waals surface area contributed by atoms with Crippen molar-refractivity contribution in [3.8, 4) is 0 Å². The topological polar surface area (TPSA) is 98.9 Å². The predicted molar refractivity (Wildman–Crippen MR) is 132 cm³/mol. The van der Waals surface area contributed by atoms with Crippen LogP contribution in [0.5, 0.6) is 0 Å². The van der Waals surface area contributed by atoms with Crippen LogP contribution >= 0.6 is 23.1 Å². The molecule has 0 unspecified atom stereocenters. The van der Waals surface area contributed by atoms with Crippen LogP contribution in [0.15, 0.2) is 45.3 Å². The highest BCUT2D eigenvalue weighted by Gasteiger charge is 2.23. The zero-order chi connectivity index (χ0) is 23.1. The Morgan fingerprint density at radius 1 is 1.18 bits per heavy atom. The van der Waals surface area contributed by atoms with Crippen molar-refractivity contribution >= 4 is 50.1 Å². The summed E-state index contributed by atoms with van der Waals surface area (Å²) >= 11 is 2.68. The first kappa shape index (κ1) is 21.8. The number of aromatic nitrogens is 4. The van der Waals surface area contributed by atoms with Crippen molar-refractivity contribution in [1.29, 1.82) is 0 Å². The molecule has 10 heteroatoms. The molecule has 1 amide bonds. The molecule has 1 saturated carbocycles. The highest BCUT2D eigenvalue weighted by atomic mass is 32.2. The number of thiophene rings is 1. The van der Waals surface area contributed by atoms with Gasteiger partial charge in [-0.3, -0.25) is 24.4 Å². The van der Waals surface area contributed by atoms with Gasteiger partial charge >= 0.3 is 0 Å². The molecule has 1 aromatic carbocycles. The van der Waals surface area contributed by atoms with Crippen LogP contribution in [0.2, 0.25) is 0 Å². The molecule has 0 bridgehead atoms. The number of benzene rings is 1. The first-order valence-electron chi connectivity index (χ1n) is 10.9. The van der Waals surface area contributed by atoms with Crippen molar-refractivity contribution in [3.63, 3.8) is 0 Å². The lowest BCUT2D eigenvalue weighted by atomic mass is 10.2. The van der Waals surface area contributed by atoms with E-state index in [-0.39, 0.29) is 28.8 Å². The Balaban J connectivity index is 1.41. The Hall–Kier alpha value is -2.98. The quantitative estimate of drug-likeness (QED) is 0.344. The van der Waals surface area contributed by atoms with Gasteiger partial charge in [0.25, 0.3) is 11.1 Å². The maximum Gasteiger partial charge on any atom is 0.281 e. The molecule has 0 radical (unpaired) electrons. The maximum absolute atomic E-state index is 13.2. The fourth-order valence-electron chi connectivity index (χ4n) is 4.32. The van der Waals surface area contributed by atoms with E-state index in [0.29, 0.717) is 26.3 Å². The summed E-state index contributed by atoms with van der Waals surface area (Å²) in [5.74, 6) is -0.350. The minimum absolute atomic E-state index is 0.0175. The van der Waals surface area contributed by atoms with Crippen LogP contribution in [0.3, 0.4) is 0 Å². The Bertz CT molecular complexity index is 1500. The summed E-state index contributed by atoms with van der Waals surface area (Å²) in [6, 6.07) is 7.38. The van der Waals surface area contributed by atoms with Gasteiger partial charge in [-0.25, -0.2) is 14.6 Å². The fourth-order valence-corrected chi connectivity index (χ4v) is 6.17. The molecule has 0 spiro atoms. The minimum Gasteiger partial charge on any atom is -0.284 e. The zero-order valence-electron chi connectivity index (χ0n) is 18.3. The lowest BCUT2D eigenvalue weighted by Crippen LogP contribution is -2.34. The molecule has 1 aliphatic rings. The Labute approximate surface area is 197 Å². The van der Waals surface area contributed by atoms with Gasteiger partial charge in [-0.2, -0.15) is 0 Å². The summed E-state index contributed by atoms with van der Waals surface area (Å²) in [5.41, 5.74) is 3.76. The monoisotopic (exact) mass is 481 g/mol. The number of hydrogen-bond donors (Lipinski definition) is 1. The van der Waals surface area contributed by atoms with Gasteiger partial charge in [0.15, 0.2) is 5.16 Å². The summed E-state index contributed by atoms with van der Waals surface area (Å²) in [7, 11) is 0. The predicted octanol–water partition coefficient (Wildman–Crippen LogP) is 3.76. The minimum atomic E-state index is -0.367. The van der Waals surface area contributed by atoms with Crippen molar-refractivity contribution < 1.29 is 4.79 Å². The molecule has 3 aromatic heterocycles. The average molecular weight is 482 g/mol. The van der Waals surface area contributed by atoms with E-state index in [0.717, 1.165) is 40.8 Å². The normalized spacial score (nSPS) is 14.4. The van der Waals surface area contributed by atoms with Gasteiger partial charge in [-0.05, 0) is 44.4 Å². The highest BCUT2D eigenvalue weighted by Crippen LogP contribution is 2.32. The number of para-hydroxylation sites is 1. The third-order valence-corrected chi connectivity index (χ3v) is 8.20. The van der Waals surface area contributed by atoms with Gasteiger partial charge in [-0.1, -0.05) is 36.7 Å². The second kappa shape index (κ2) is 8.75. The van der Waals surface area contributed by atoms with Crippen LogP contribution in [-0.4, -0.2) is 30.9 Å². The van der Waals surface area contributed by atoms with E-state index in [2.05, 4.69) is 10.4 Å². The largest absolute Gasteiger partial charge is 0.284 e. The van der Waals surface area contributed by atoms with E-state index < -0.39 is 0 Å². The third kappa shape index (κ3) is 3.97. The number of carbonyl (C=O) groups excluding carboxylic acids is 1. The van der Waals surface area contributed by atoms with E-state index >= 15 is 0 Å². The smallest absolute Gasteiger partial charge is 0.281 e. The summed E-state index contributed by atoms with van der Waals surface area (Å²) in [5, 5.41) is 1.65. The van der Waals surface area contributed by atoms with E-state index in [1.54, 1.807) is 10.6 Å². The SMILES string of the molecule is Cc1sc2ncn(NC(=O)CSc3nc4ccccc4c(=O)n3C3CCCC3)c(=O)c2c1C. The number of amides is 1. The molecule has 0 aliphatic heterocycles. The molecule has 1 N–H and O–H groups in total. The second-order valence-corrected chi connectivity index (χ2v) is 10.4. The Kier molecular flexibility index (Phi) is 5.79. The van der Waals surface area contributed by atoms with Crippen LogP contribution in [0, 0.1) is 13.8 Å². The first-order chi connectivity index (χ1) is 15.9. The standard InChI is InChI=1S/C23H23N5O3S2/c1-13-14(2)33-20-19(13)22(31)27(12-24-20)26-18(29)11-32-23-25-17-10-6-5-9-16(17)21(30)28(23)15-7-3-4-8-15/h5-6,9-10,12,15H,3-4,7-8,11H2,1-2H3,(H,26,29). The molecule has 1 fully saturated rings. The van der Waals surface area contributed by atoms with E-state index in [9.17, 15) is 14.4 Å². The van der Waals surface area contributed by atoms with Crippen LogP contribution in [-0.2, 0) is 4.79 Å². The number of carbonyl (C=O) groups is 1. The molecule has 5 rings (SSSR count). The van der Waals surface area contributed by atoms with Crippen molar-refractivity contribution in [2.24, 2.45) is 0 Å². The van der Waals surface area contributed by atoms with E-state index in [1.165, 1.54) is 29.4 Å². The Morgan fingerprint density at radius 2 is 1.94 bits per heavy atom. The van der Waals surface area contributed by atoms with Crippen LogP contribution in [0.25, 0.3) is 21.1 Å². The van der Waals surface area contributed by atoms with Crippen molar-refractivity contribution in [3.05, 3.63) is 61.7 Å². The summed E-state index contributed by atoms with van der Waals surface area (Å²) in [6.45, 7) is 3.83. The van der Waals surface area contributed by atoms with Crippen LogP contribution in [0.4, 0.5) is 0 Å². The van der Waals surface area contributed by atoms with E-state index in [4.69, 9.17) is 4.98 Å². The molecule has 3 heterocycles. The van der Waals surface area contributed by atoms with Gasteiger partial charge < -0.3 is 0 Å². The Morgan fingerprint density at radius 3 is 2.73 bits per heavy atom. The van der Waals surface area contributed by atoms with Crippen LogP contribution < -0.4 is 16.5 Å². The number of rotatable bonds is 5. The molecule has 0 atom stereocenters. The van der Waals surface area contributed by atoms with Crippen LogP contribution in [0.1, 0.15) is 42.2 Å². The first-order valence-corrected chi connectivity index (χ1v) is 12.7. The summed E-state index contributed by atoms with van der Waals surface area (Å²) in [4.78, 5) is 49.5. The van der Waals surface area contributed by atoms with Crippen molar-refractivity contribution in [2.45, 2.75) is 50.7 Å². The number of hydrogen-bond acceptors (Lipinski definition) is 7. The van der Waals surface area contributed by atoms with Gasteiger partial charge in [-0.15, -0.1) is 11.3 Å². The molecule has 0 saturated heterocycles. The number of nitrogens with zero attached hydrogens (tertiary/aromatic N) is 4. The number of nitrogens with one attached hydrogen (secondary N) is 1. The second-order valence-electron chi connectivity index (χ2n) is 8.23. The lowest BCUT2D eigenvalue weighted by Gasteiger charge is -2.18. The average Bonchev–Trinajstić information content (AvgIpc) is 3.43. The molecule has 4 aromatic rings. The zero-order valence-corrected chi connectivity index (χ0v) is 20.0. The summed E-state index contributed by atoms with van der Waals surface area (Å²) in [6.07, 6.45) is 5.36. The molecular weight excluding hydrogens is 458 g/mol. The molecule has 33 heavy (non-hydrogen) atoms. The number of fused-ring (bicyclic) bond motifs is 2. The fraction of sp³-hybridized carbons (Fsp3) is 0.348. The lowest BCUT2D eigenvalue weighted by molar-refractivity contribution is -0.114.